The van der Waals surface area contributed by atoms with Crippen molar-refractivity contribution in [3.05, 3.63) is 28.4 Å². The minimum Gasteiger partial charge on any atom is -0.476 e. The lowest BCUT2D eigenvalue weighted by molar-refractivity contribution is -0.390. The number of nitro groups is 1. The molecule has 0 aliphatic carbocycles. The molecule has 0 radical (unpaired) electrons. The maximum Gasteiger partial charge on any atom is 0.406 e. The van der Waals surface area contributed by atoms with E-state index < -0.39 is 10.7 Å². The van der Waals surface area contributed by atoms with Crippen molar-refractivity contribution in [3.8, 4) is 5.75 Å². The maximum atomic E-state index is 11.1. The van der Waals surface area contributed by atoms with Crippen LogP contribution in [0.1, 0.15) is 6.92 Å². The summed E-state index contributed by atoms with van der Waals surface area (Å²) in [4.78, 5) is 24.5. The molecular weight excluding hydrogens is 214 g/mol. The van der Waals surface area contributed by atoms with Gasteiger partial charge in [-0.3, -0.25) is 4.79 Å². The molecular formula is C9H11N3O4. The van der Waals surface area contributed by atoms with Gasteiger partial charge in [0.25, 0.3) is 5.91 Å². The summed E-state index contributed by atoms with van der Waals surface area (Å²) in [6, 6.07) is 2.89. The van der Waals surface area contributed by atoms with Gasteiger partial charge in [-0.25, -0.2) is 0 Å². The fourth-order valence-electron chi connectivity index (χ4n) is 1.02. The molecule has 0 aliphatic rings. The number of pyridine rings is 1. The van der Waals surface area contributed by atoms with Crippen molar-refractivity contribution in [2.24, 2.45) is 0 Å². The molecule has 0 saturated carbocycles. The fraction of sp³-hybridized carbons (Fsp3) is 0.333. The summed E-state index contributed by atoms with van der Waals surface area (Å²) in [5.74, 6) is -0.744. The molecule has 0 unspecified atom stereocenters. The van der Waals surface area contributed by atoms with E-state index in [1.54, 1.807) is 6.92 Å². The van der Waals surface area contributed by atoms with E-state index in [1.807, 2.05) is 0 Å². The van der Waals surface area contributed by atoms with Gasteiger partial charge in [0.15, 0.2) is 6.61 Å². The number of carbonyl (C=O) groups excluding carboxylic acids is 1. The number of aromatic nitrogens is 1. The Morgan fingerprint density at radius 2 is 2.44 bits per heavy atom. The molecule has 0 fully saturated rings. The Hall–Kier alpha value is -2.18. The monoisotopic (exact) mass is 225 g/mol. The minimum atomic E-state index is -0.660. The summed E-state index contributed by atoms with van der Waals surface area (Å²) in [5.41, 5.74) is 0. The third-order valence-electron chi connectivity index (χ3n) is 1.66. The maximum absolute atomic E-state index is 11.1. The number of hydrogen-bond acceptors (Lipinski definition) is 5. The first kappa shape index (κ1) is 11.9. The van der Waals surface area contributed by atoms with Gasteiger partial charge in [-0.2, -0.15) is 0 Å². The van der Waals surface area contributed by atoms with Crippen LogP contribution in [0.5, 0.6) is 5.75 Å². The smallest absolute Gasteiger partial charge is 0.406 e. The van der Waals surface area contributed by atoms with Crippen LogP contribution in [0.15, 0.2) is 18.3 Å². The topological polar surface area (TPSA) is 94.4 Å². The zero-order chi connectivity index (χ0) is 12.0. The summed E-state index contributed by atoms with van der Waals surface area (Å²) >= 11 is 0. The van der Waals surface area contributed by atoms with Crippen molar-refractivity contribution >= 4 is 11.7 Å². The highest BCUT2D eigenvalue weighted by atomic mass is 16.6. The van der Waals surface area contributed by atoms with Crippen LogP contribution in [-0.4, -0.2) is 29.0 Å². The molecule has 0 bridgehead atoms. The molecule has 0 aromatic carbocycles. The molecule has 16 heavy (non-hydrogen) atoms. The van der Waals surface area contributed by atoms with Crippen LogP contribution in [0.2, 0.25) is 0 Å². The lowest BCUT2D eigenvalue weighted by Crippen LogP contribution is -2.28. The lowest BCUT2D eigenvalue weighted by atomic mass is 10.4. The number of carbonyl (C=O) groups is 1. The third-order valence-corrected chi connectivity index (χ3v) is 1.66. The first-order valence-electron chi connectivity index (χ1n) is 4.64. The van der Waals surface area contributed by atoms with Crippen molar-refractivity contribution in [3.63, 3.8) is 0 Å². The number of hydrogen-bond donors (Lipinski definition) is 1. The Kier molecular flexibility index (Phi) is 4.19. The summed E-state index contributed by atoms with van der Waals surface area (Å²) < 4.78 is 5.00. The average Bonchev–Trinajstić information content (AvgIpc) is 2.27. The van der Waals surface area contributed by atoms with E-state index in [1.165, 1.54) is 18.3 Å². The largest absolute Gasteiger partial charge is 0.476 e. The fourth-order valence-corrected chi connectivity index (χ4v) is 1.02. The van der Waals surface area contributed by atoms with Crippen molar-refractivity contribution in [2.45, 2.75) is 6.92 Å². The van der Waals surface area contributed by atoms with E-state index >= 15 is 0 Å². The minimum absolute atomic E-state index is 0.0150. The normalized spacial score (nSPS) is 9.56. The van der Waals surface area contributed by atoms with Crippen LogP contribution in [-0.2, 0) is 4.79 Å². The highest BCUT2D eigenvalue weighted by Crippen LogP contribution is 2.22. The molecule has 1 aromatic heterocycles. The Labute approximate surface area is 91.6 Å². The van der Waals surface area contributed by atoms with E-state index in [9.17, 15) is 14.9 Å². The molecule has 0 atom stereocenters. The second-order valence-electron chi connectivity index (χ2n) is 2.82. The predicted molar refractivity (Wildman–Crippen MR) is 55.1 cm³/mol. The molecule has 1 aromatic rings. The van der Waals surface area contributed by atoms with Crippen LogP contribution in [0.3, 0.4) is 0 Å². The zero-order valence-electron chi connectivity index (χ0n) is 8.67. The number of amides is 1. The number of nitrogens with one attached hydrogen (secondary N) is 1. The molecule has 1 heterocycles. The van der Waals surface area contributed by atoms with E-state index in [-0.39, 0.29) is 18.3 Å². The Morgan fingerprint density at radius 1 is 1.69 bits per heavy atom. The SMILES string of the molecule is CCNC(=O)COc1cccnc1[N+](=O)[O-]. The number of likely N-dealkylation sites (N-methyl/N-ethyl adjacent to an activating group) is 1. The summed E-state index contributed by atoms with van der Waals surface area (Å²) in [6.07, 6.45) is 1.29. The first-order chi connectivity index (χ1) is 7.65. The number of ether oxygens (including phenoxy) is 1. The Bertz CT molecular complexity index is 394. The van der Waals surface area contributed by atoms with E-state index in [0.29, 0.717) is 6.54 Å². The highest BCUT2D eigenvalue weighted by Gasteiger charge is 2.16. The second-order valence-corrected chi connectivity index (χ2v) is 2.82. The van der Waals surface area contributed by atoms with Crippen LogP contribution in [0.4, 0.5) is 5.82 Å². The van der Waals surface area contributed by atoms with Gasteiger partial charge in [0, 0.05) is 6.54 Å². The quantitative estimate of drug-likeness (QED) is 0.581. The summed E-state index contributed by atoms with van der Waals surface area (Å²) in [6.45, 7) is 1.99. The molecule has 1 amide bonds. The van der Waals surface area contributed by atoms with Gasteiger partial charge in [-0.15, -0.1) is 0 Å². The predicted octanol–water partition coefficient (Wildman–Crippen LogP) is 0.505. The lowest BCUT2D eigenvalue weighted by Gasteiger charge is -2.05. The third kappa shape index (κ3) is 3.19. The summed E-state index contributed by atoms with van der Waals surface area (Å²) in [5, 5.41) is 13.1. The van der Waals surface area contributed by atoms with Gasteiger partial charge >= 0.3 is 5.82 Å². The van der Waals surface area contributed by atoms with E-state index in [4.69, 9.17) is 4.74 Å². The van der Waals surface area contributed by atoms with Crippen LogP contribution in [0, 0.1) is 10.1 Å². The second kappa shape index (κ2) is 5.64. The first-order valence-corrected chi connectivity index (χ1v) is 4.64. The number of nitrogens with zero attached hydrogens (tertiary/aromatic N) is 2. The van der Waals surface area contributed by atoms with E-state index in [0.717, 1.165) is 0 Å². The van der Waals surface area contributed by atoms with Crippen molar-refractivity contribution in [1.29, 1.82) is 0 Å². The van der Waals surface area contributed by atoms with Gasteiger partial charge in [0.1, 0.15) is 6.20 Å². The van der Waals surface area contributed by atoms with Crippen molar-refractivity contribution in [1.82, 2.24) is 10.3 Å². The van der Waals surface area contributed by atoms with Crippen molar-refractivity contribution in [2.75, 3.05) is 13.2 Å². The molecule has 0 saturated heterocycles. The van der Waals surface area contributed by atoms with Crippen LogP contribution >= 0.6 is 0 Å². The molecule has 86 valence electrons. The van der Waals surface area contributed by atoms with Gasteiger partial charge < -0.3 is 20.2 Å². The van der Waals surface area contributed by atoms with Gasteiger partial charge in [0.2, 0.25) is 5.75 Å². The van der Waals surface area contributed by atoms with Gasteiger partial charge in [0.05, 0.1) is 0 Å². The highest BCUT2D eigenvalue weighted by molar-refractivity contribution is 5.77. The van der Waals surface area contributed by atoms with Crippen molar-refractivity contribution < 1.29 is 14.5 Å². The Morgan fingerprint density at radius 3 is 3.06 bits per heavy atom. The van der Waals surface area contributed by atoms with Crippen LogP contribution < -0.4 is 10.1 Å². The standard InChI is InChI=1S/C9H11N3O4/c1-2-10-8(13)6-16-7-4-3-5-11-9(7)12(14)15/h3-5H,2,6H2,1H3,(H,10,13). The summed E-state index contributed by atoms with van der Waals surface area (Å²) in [7, 11) is 0. The van der Waals surface area contributed by atoms with E-state index in [2.05, 4.69) is 10.3 Å². The van der Waals surface area contributed by atoms with Gasteiger partial charge in [-0.05, 0) is 29.0 Å². The Balaban J connectivity index is 2.66. The molecule has 0 spiro atoms. The molecule has 0 aliphatic heterocycles. The molecule has 7 nitrogen and oxygen atoms in total. The molecule has 1 N–H and O–H groups in total. The van der Waals surface area contributed by atoms with Gasteiger partial charge in [-0.1, -0.05) is 0 Å². The zero-order valence-corrected chi connectivity index (χ0v) is 8.67. The molecule has 1 rings (SSSR count). The molecule has 7 heteroatoms. The average molecular weight is 225 g/mol. The van der Waals surface area contributed by atoms with Crippen LogP contribution in [0.25, 0.3) is 0 Å². The number of rotatable bonds is 5.